The van der Waals surface area contributed by atoms with Gasteiger partial charge >= 0.3 is 6.18 Å². The smallest absolute Gasteiger partial charge is 0.376 e. The van der Waals surface area contributed by atoms with Gasteiger partial charge in [0.2, 0.25) is 15.9 Å². The van der Waals surface area contributed by atoms with Gasteiger partial charge < -0.3 is 10.8 Å². The number of primary amides is 1. The molecule has 0 aromatic heterocycles. The van der Waals surface area contributed by atoms with Gasteiger partial charge in [-0.15, -0.1) is 0 Å². The molecule has 7 nitrogen and oxygen atoms in total. The molecule has 1 heterocycles. The summed E-state index contributed by atoms with van der Waals surface area (Å²) in [6, 6.07) is 11.2. The van der Waals surface area contributed by atoms with Crippen LogP contribution in [0.3, 0.4) is 0 Å². The number of benzene rings is 2. The van der Waals surface area contributed by atoms with Gasteiger partial charge in [0.25, 0.3) is 0 Å². The standard InChI is InChI=1S/C25H30F3N3O4S/c1-17-15-30(16-24(11-12-24)20-5-3-18(4-6-20)22(29)32)13-14-31(17)36(34,35)21-9-7-19(8-10-21)23(2,33)25(26,27)28/h3-10,17,33H,11-16H2,1-2H3,(H2,29,32)/t17-,23?/m1/s1. The van der Waals surface area contributed by atoms with Crippen LogP contribution < -0.4 is 5.73 Å². The number of rotatable bonds is 7. The topological polar surface area (TPSA) is 104 Å². The fourth-order valence-corrected chi connectivity index (χ4v) is 6.49. The van der Waals surface area contributed by atoms with Crippen molar-refractivity contribution in [2.24, 2.45) is 5.73 Å². The van der Waals surface area contributed by atoms with Crippen LogP contribution in [-0.2, 0) is 21.0 Å². The van der Waals surface area contributed by atoms with Crippen LogP contribution in [-0.4, -0.2) is 67.0 Å². The van der Waals surface area contributed by atoms with Crippen molar-refractivity contribution in [1.29, 1.82) is 0 Å². The Morgan fingerprint density at radius 3 is 2.14 bits per heavy atom. The molecule has 2 aromatic rings. The summed E-state index contributed by atoms with van der Waals surface area (Å²) in [5, 5.41) is 9.84. The molecular weight excluding hydrogens is 495 g/mol. The maximum Gasteiger partial charge on any atom is 0.421 e. The van der Waals surface area contributed by atoms with E-state index in [4.69, 9.17) is 5.73 Å². The predicted molar refractivity (Wildman–Crippen MR) is 128 cm³/mol. The first-order valence-electron chi connectivity index (χ1n) is 11.7. The lowest BCUT2D eigenvalue weighted by molar-refractivity contribution is -0.258. The molecule has 0 spiro atoms. The fraction of sp³-hybridized carbons (Fsp3) is 0.480. The average molecular weight is 526 g/mol. The van der Waals surface area contributed by atoms with Crippen molar-refractivity contribution in [3.8, 4) is 0 Å². The highest BCUT2D eigenvalue weighted by Crippen LogP contribution is 2.49. The van der Waals surface area contributed by atoms with Crippen molar-refractivity contribution >= 4 is 15.9 Å². The van der Waals surface area contributed by atoms with E-state index in [1.54, 1.807) is 12.1 Å². The first-order chi connectivity index (χ1) is 16.7. The minimum absolute atomic E-state index is 0.0256. The van der Waals surface area contributed by atoms with E-state index in [1.165, 1.54) is 4.31 Å². The molecule has 196 valence electrons. The van der Waals surface area contributed by atoms with E-state index in [0.717, 1.165) is 49.2 Å². The summed E-state index contributed by atoms with van der Waals surface area (Å²) in [6.07, 6.45) is -2.88. The highest BCUT2D eigenvalue weighted by Gasteiger charge is 2.51. The van der Waals surface area contributed by atoms with E-state index >= 15 is 0 Å². The van der Waals surface area contributed by atoms with Crippen molar-refractivity contribution in [2.45, 2.75) is 54.8 Å². The number of carbonyl (C=O) groups is 1. The van der Waals surface area contributed by atoms with Crippen LogP contribution in [0.4, 0.5) is 13.2 Å². The molecule has 2 fully saturated rings. The molecule has 1 saturated heterocycles. The fourth-order valence-electron chi connectivity index (χ4n) is 4.87. The lowest BCUT2D eigenvalue weighted by Gasteiger charge is -2.40. The van der Waals surface area contributed by atoms with Gasteiger partial charge in [-0.25, -0.2) is 8.42 Å². The number of aliphatic hydroxyl groups is 1. The maximum atomic E-state index is 13.3. The number of hydrogen-bond donors (Lipinski definition) is 2. The molecular formula is C25H30F3N3O4S. The highest BCUT2D eigenvalue weighted by molar-refractivity contribution is 7.89. The van der Waals surface area contributed by atoms with Gasteiger partial charge in [0.1, 0.15) is 0 Å². The van der Waals surface area contributed by atoms with Crippen molar-refractivity contribution in [2.75, 3.05) is 26.2 Å². The molecule has 2 atom stereocenters. The lowest BCUT2D eigenvalue weighted by atomic mass is 9.93. The SMILES string of the molecule is C[C@@H]1CN(CC2(c3ccc(C(N)=O)cc3)CC2)CCN1S(=O)(=O)c1ccc(C(C)(O)C(F)(F)F)cc1. The molecule has 1 aliphatic carbocycles. The summed E-state index contributed by atoms with van der Waals surface area (Å²) in [5.74, 6) is -0.474. The molecule has 2 aliphatic rings. The van der Waals surface area contributed by atoms with Gasteiger partial charge in [-0.05, 0) is 62.1 Å². The second kappa shape index (κ2) is 9.13. The Balaban J connectivity index is 1.43. The Morgan fingerprint density at radius 1 is 1.08 bits per heavy atom. The number of carbonyl (C=O) groups excluding carboxylic acids is 1. The number of halogens is 3. The van der Waals surface area contributed by atoms with Crippen LogP contribution in [0.1, 0.15) is 48.2 Å². The number of alkyl halides is 3. The van der Waals surface area contributed by atoms with Crippen LogP contribution in [0.2, 0.25) is 0 Å². The van der Waals surface area contributed by atoms with Crippen LogP contribution in [0.5, 0.6) is 0 Å². The summed E-state index contributed by atoms with van der Waals surface area (Å²) in [7, 11) is -3.93. The van der Waals surface area contributed by atoms with E-state index < -0.39 is 33.3 Å². The van der Waals surface area contributed by atoms with Gasteiger partial charge in [-0.3, -0.25) is 9.69 Å². The Bertz CT molecular complexity index is 1220. The zero-order valence-corrected chi connectivity index (χ0v) is 20.9. The van der Waals surface area contributed by atoms with Gasteiger partial charge in [-0.2, -0.15) is 17.5 Å². The van der Waals surface area contributed by atoms with E-state index in [9.17, 15) is 31.5 Å². The van der Waals surface area contributed by atoms with Gasteiger partial charge in [0, 0.05) is 43.2 Å². The molecule has 4 rings (SSSR count). The molecule has 2 aromatic carbocycles. The summed E-state index contributed by atoms with van der Waals surface area (Å²) < 4.78 is 67.2. The summed E-state index contributed by atoms with van der Waals surface area (Å²) in [5.41, 5.74) is 3.39. The van der Waals surface area contributed by atoms with E-state index in [2.05, 4.69) is 4.90 Å². The highest BCUT2D eigenvalue weighted by atomic mass is 32.2. The third-order valence-corrected chi connectivity index (χ3v) is 9.42. The molecule has 0 radical (unpaired) electrons. The maximum absolute atomic E-state index is 13.3. The Kier molecular flexibility index (Phi) is 6.74. The Hall–Kier alpha value is -2.47. The molecule has 1 aliphatic heterocycles. The molecule has 36 heavy (non-hydrogen) atoms. The first kappa shape index (κ1) is 26.6. The third kappa shape index (κ3) is 4.89. The summed E-state index contributed by atoms with van der Waals surface area (Å²) >= 11 is 0. The number of hydrogen-bond acceptors (Lipinski definition) is 5. The van der Waals surface area contributed by atoms with Crippen LogP contribution in [0.15, 0.2) is 53.4 Å². The van der Waals surface area contributed by atoms with Crippen molar-refractivity contribution < 1.29 is 31.5 Å². The number of sulfonamides is 1. The molecule has 1 amide bonds. The molecule has 11 heteroatoms. The number of amides is 1. The second-order valence-corrected chi connectivity index (χ2v) is 11.9. The largest absolute Gasteiger partial charge is 0.421 e. The first-order valence-corrected chi connectivity index (χ1v) is 13.2. The van der Waals surface area contributed by atoms with Crippen molar-refractivity contribution in [1.82, 2.24) is 9.21 Å². The minimum atomic E-state index is -4.89. The predicted octanol–water partition coefficient (Wildman–Crippen LogP) is 2.98. The second-order valence-electron chi connectivity index (χ2n) is 10.0. The molecule has 3 N–H and O–H groups in total. The summed E-state index contributed by atoms with van der Waals surface area (Å²) in [4.78, 5) is 13.5. The van der Waals surface area contributed by atoms with Crippen LogP contribution in [0, 0.1) is 0 Å². The Morgan fingerprint density at radius 2 is 1.67 bits per heavy atom. The third-order valence-electron chi connectivity index (χ3n) is 7.39. The molecule has 0 bridgehead atoms. The molecule has 1 saturated carbocycles. The normalized spacial score (nSPS) is 22.7. The summed E-state index contributed by atoms with van der Waals surface area (Å²) in [6.45, 7) is 4.50. The number of piperazine rings is 1. The zero-order valence-electron chi connectivity index (χ0n) is 20.1. The van der Waals surface area contributed by atoms with E-state index in [1.807, 2.05) is 19.1 Å². The van der Waals surface area contributed by atoms with Crippen molar-refractivity contribution in [3.05, 3.63) is 65.2 Å². The van der Waals surface area contributed by atoms with Gasteiger partial charge in [-0.1, -0.05) is 24.3 Å². The van der Waals surface area contributed by atoms with Gasteiger partial charge in [0.05, 0.1) is 4.90 Å². The van der Waals surface area contributed by atoms with E-state index in [0.29, 0.717) is 25.6 Å². The lowest BCUT2D eigenvalue weighted by Crippen LogP contribution is -2.55. The molecule has 1 unspecified atom stereocenters. The van der Waals surface area contributed by atoms with Gasteiger partial charge in [0.15, 0.2) is 5.60 Å². The quantitative estimate of drug-likeness (QED) is 0.579. The van der Waals surface area contributed by atoms with Crippen LogP contribution >= 0.6 is 0 Å². The Labute approximate surface area is 208 Å². The van der Waals surface area contributed by atoms with E-state index in [-0.39, 0.29) is 22.9 Å². The van der Waals surface area contributed by atoms with Crippen molar-refractivity contribution in [3.63, 3.8) is 0 Å². The van der Waals surface area contributed by atoms with Crippen LogP contribution in [0.25, 0.3) is 0 Å². The monoisotopic (exact) mass is 525 g/mol. The zero-order chi connectivity index (χ0) is 26.5. The number of nitrogens with two attached hydrogens (primary N) is 1. The number of nitrogens with zero attached hydrogens (tertiary/aromatic N) is 2. The minimum Gasteiger partial charge on any atom is -0.376 e. The average Bonchev–Trinajstić information content (AvgIpc) is 3.59.